The van der Waals surface area contributed by atoms with Crippen LogP contribution >= 0.6 is 11.6 Å². The fourth-order valence-electron chi connectivity index (χ4n) is 0.653. The highest BCUT2D eigenvalue weighted by Crippen LogP contribution is 1.95. The third-order valence-corrected chi connectivity index (χ3v) is 1.28. The fourth-order valence-corrected chi connectivity index (χ4v) is 0.758. The van der Waals surface area contributed by atoms with Crippen molar-refractivity contribution in [2.45, 2.75) is 0 Å². The summed E-state index contributed by atoms with van der Waals surface area (Å²) in [5.41, 5.74) is 1.10. The molecule has 0 amide bonds. The summed E-state index contributed by atoms with van der Waals surface area (Å²) in [6.45, 7) is 0. The summed E-state index contributed by atoms with van der Waals surface area (Å²) >= 11 is 5.17. The molecule has 0 fully saturated rings. The van der Waals surface area contributed by atoms with Crippen LogP contribution < -0.4 is 5.59 Å². The van der Waals surface area contributed by atoms with E-state index in [2.05, 4.69) is 4.98 Å². The SMILES string of the molecule is Bc1cccc(C(=O)Cl)n1. The van der Waals surface area contributed by atoms with Crippen LogP contribution in [0.4, 0.5) is 0 Å². The molecular formula is C6H5BClNO. The molecule has 0 unspecified atom stereocenters. The van der Waals surface area contributed by atoms with Gasteiger partial charge in [0.25, 0.3) is 5.24 Å². The van der Waals surface area contributed by atoms with Gasteiger partial charge in [-0.15, -0.1) is 0 Å². The molecule has 0 bridgehead atoms. The van der Waals surface area contributed by atoms with E-state index in [1.807, 2.05) is 13.9 Å². The van der Waals surface area contributed by atoms with E-state index in [9.17, 15) is 4.79 Å². The second-order valence-corrected chi connectivity index (χ2v) is 2.28. The number of aromatic nitrogens is 1. The smallest absolute Gasteiger partial charge is 0.270 e. The van der Waals surface area contributed by atoms with Gasteiger partial charge in [-0.05, 0) is 23.3 Å². The van der Waals surface area contributed by atoms with Gasteiger partial charge in [0.1, 0.15) is 5.69 Å². The van der Waals surface area contributed by atoms with Gasteiger partial charge in [0.15, 0.2) is 7.85 Å². The number of pyridine rings is 1. The van der Waals surface area contributed by atoms with Gasteiger partial charge in [0.05, 0.1) is 0 Å². The largest absolute Gasteiger partial charge is 0.274 e. The van der Waals surface area contributed by atoms with E-state index in [4.69, 9.17) is 11.6 Å². The minimum Gasteiger partial charge on any atom is -0.274 e. The molecule has 10 heavy (non-hydrogen) atoms. The third-order valence-electron chi connectivity index (χ3n) is 1.09. The summed E-state index contributed by atoms with van der Waals surface area (Å²) in [6.07, 6.45) is 0. The van der Waals surface area contributed by atoms with Crippen molar-refractivity contribution >= 4 is 30.3 Å². The van der Waals surface area contributed by atoms with E-state index in [0.717, 1.165) is 5.59 Å². The molecule has 0 aliphatic heterocycles. The summed E-state index contributed by atoms with van der Waals surface area (Å²) in [6, 6.07) is 5.14. The second kappa shape index (κ2) is 2.84. The molecule has 0 N–H and O–H groups in total. The molecule has 0 aliphatic carbocycles. The van der Waals surface area contributed by atoms with Crippen LogP contribution in [0.2, 0.25) is 0 Å². The van der Waals surface area contributed by atoms with E-state index in [0.29, 0.717) is 5.69 Å². The van der Waals surface area contributed by atoms with E-state index in [1.54, 1.807) is 12.1 Å². The first-order valence-electron chi connectivity index (χ1n) is 2.83. The molecule has 0 atom stereocenters. The molecule has 1 aromatic rings. The van der Waals surface area contributed by atoms with Gasteiger partial charge < -0.3 is 0 Å². The third kappa shape index (κ3) is 1.58. The zero-order valence-electron chi connectivity index (χ0n) is 5.47. The first-order valence-corrected chi connectivity index (χ1v) is 3.21. The van der Waals surface area contributed by atoms with Crippen molar-refractivity contribution in [2.75, 3.05) is 0 Å². The van der Waals surface area contributed by atoms with Gasteiger partial charge in [0.2, 0.25) is 0 Å². The van der Waals surface area contributed by atoms with Gasteiger partial charge in [0, 0.05) is 0 Å². The highest BCUT2D eigenvalue weighted by molar-refractivity contribution is 6.67. The Morgan fingerprint density at radius 3 is 2.70 bits per heavy atom. The van der Waals surface area contributed by atoms with Crippen LogP contribution in [0, 0.1) is 0 Å². The average Bonchev–Trinajstić information content (AvgIpc) is 1.88. The van der Waals surface area contributed by atoms with Crippen molar-refractivity contribution < 1.29 is 4.79 Å². The Morgan fingerprint density at radius 1 is 1.60 bits per heavy atom. The normalized spacial score (nSPS) is 9.30. The molecule has 0 radical (unpaired) electrons. The van der Waals surface area contributed by atoms with Crippen LogP contribution in [-0.4, -0.2) is 18.1 Å². The highest BCUT2D eigenvalue weighted by atomic mass is 35.5. The Kier molecular flexibility index (Phi) is 2.07. The summed E-state index contributed by atoms with van der Waals surface area (Å²) in [7, 11) is 1.81. The van der Waals surface area contributed by atoms with Gasteiger partial charge in [-0.3, -0.25) is 9.78 Å². The number of nitrogens with zero attached hydrogens (tertiary/aromatic N) is 1. The molecule has 0 saturated heterocycles. The van der Waals surface area contributed by atoms with E-state index >= 15 is 0 Å². The van der Waals surface area contributed by atoms with Crippen LogP contribution in [-0.2, 0) is 0 Å². The first kappa shape index (κ1) is 7.28. The van der Waals surface area contributed by atoms with Crippen molar-refractivity contribution in [3.05, 3.63) is 23.9 Å². The lowest BCUT2D eigenvalue weighted by atomic mass is 10.0. The Bertz CT molecular complexity index is 264. The zero-order chi connectivity index (χ0) is 7.56. The van der Waals surface area contributed by atoms with Gasteiger partial charge in [-0.2, -0.15) is 0 Å². The minimum atomic E-state index is -0.510. The van der Waals surface area contributed by atoms with Crippen molar-refractivity contribution in [1.29, 1.82) is 0 Å². The predicted octanol–water partition coefficient (Wildman–Crippen LogP) is -0.281. The van der Waals surface area contributed by atoms with Crippen LogP contribution in [0.3, 0.4) is 0 Å². The Morgan fingerprint density at radius 2 is 2.30 bits per heavy atom. The van der Waals surface area contributed by atoms with Gasteiger partial charge in [-0.25, -0.2) is 0 Å². The number of halogens is 1. The molecule has 0 spiro atoms. The van der Waals surface area contributed by atoms with Crippen molar-refractivity contribution in [3.63, 3.8) is 0 Å². The van der Waals surface area contributed by atoms with E-state index in [-0.39, 0.29) is 0 Å². The number of carbonyl (C=O) groups is 1. The quantitative estimate of drug-likeness (QED) is 0.410. The van der Waals surface area contributed by atoms with E-state index in [1.165, 1.54) is 0 Å². The molecule has 4 heteroatoms. The predicted molar refractivity (Wildman–Crippen MR) is 42.6 cm³/mol. The average molecular weight is 153 g/mol. The monoisotopic (exact) mass is 153 g/mol. The maximum Gasteiger partial charge on any atom is 0.270 e. The van der Waals surface area contributed by atoms with Crippen molar-refractivity contribution in [1.82, 2.24) is 4.98 Å². The Balaban J connectivity index is 3.07. The summed E-state index contributed by atoms with van der Waals surface area (Å²) < 4.78 is 0. The maximum absolute atomic E-state index is 10.5. The number of hydrogen-bond donors (Lipinski definition) is 0. The lowest BCUT2D eigenvalue weighted by molar-refractivity contribution is 0.107. The topological polar surface area (TPSA) is 30.0 Å². The number of rotatable bonds is 1. The molecule has 0 aliphatic rings. The highest BCUT2D eigenvalue weighted by Gasteiger charge is 2.00. The van der Waals surface area contributed by atoms with Crippen LogP contribution in [0.15, 0.2) is 18.2 Å². The number of carbonyl (C=O) groups excluding carboxylic acids is 1. The molecule has 1 rings (SSSR count). The Hall–Kier alpha value is -0.825. The summed E-state index contributed by atoms with van der Waals surface area (Å²) in [5, 5.41) is -0.510. The molecule has 0 saturated carbocycles. The molecule has 50 valence electrons. The molecule has 1 heterocycles. The first-order chi connectivity index (χ1) is 4.70. The van der Waals surface area contributed by atoms with Gasteiger partial charge >= 0.3 is 0 Å². The molecular weight excluding hydrogens is 148 g/mol. The zero-order valence-corrected chi connectivity index (χ0v) is 6.22. The standard InChI is InChI=1S/C6H5BClNO/c7-5-3-1-2-4(9-5)6(8)10/h1-3H,7H2. The lowest BCUT2D eigenvalue weighted by Gasteiger charge is -1.92. The summed E-state index contributed by atoms with van der Waals surface area (Å²) in [4.78, 5) is 14.4. The number of hydrogen-bond acceptors (Lipinski definition) is 2. The van der Waals surface area contributed by atoms with Crippen molar-refractivity contribution in [2.24, 2.45) is 0 Å². The summed E-state index contributed by atoms with van der Waals surface area (Å²) in [5.74, 6) is 0. The molecule has 0 aromatic carbocycles. The maximum atomic E-state index is 10.5. The van der Waals surface area contributed by atoms with Crippen LogP contribution in [0.1, 0.15) is 10.5 Å². The fraction of sp³-hybridized carbons (Fsp3) is 0. The van der Waals surface area contributed by atoms with Gasteiger partial charge in [-0.1, -0.05) is 12.1 Å². The van der Waals surface area contributed by atoms with E-state index < -0.39 is 5.24 Å². The Labute approximate surface area is 64.6 Å². The lowest BCUT2D eigenvalue weighted by Crippen LogP contribution is -2.10. The minimum absolute atomic E-state index is 0.307. The molecule has 2 nitrogen and oxygen atoms in total. The molecule has 1 aromatic heterocycles. The van der Waals surface area contributed by atoms with Crippen LogP contribution in [0.25, 0.3) is 0 Å². The van der Waals surface area contributed by atoms with Crippen LogP contribution in [0.5, 0.6) is 0 Å². The second-order valence-electron chi connectivity index (χ2n) is 1.94. The van der Waals surface area contributed by atoms with Crippen molar-refractivity contribution in [3.8, 4) is 0 Å².